The third kappa shape index (κ3) is 3.46. The van der Waals surface area contributed by atoms with E-state index < -0.39 is 0 Å². The zero-order valence-electron chi connectivity index (χ0n) is 13.2. The Hall–Kier alpha value is -0.510. The summed E-state index contributed by atoms with van der Waals surface area (Å²) in [6, 6.07) is 9.49. The molecule has 1 N–H and O–H groups in total. The van der Waals surface area contributed by atoms with Crippen molar-refractivity contribution in [2.75, 3.05) is 25.2 Å². The minimum Gasteiger partial charge on any atom is -0.375 e. The standard InChI is InChI=1S/C18H27NOS/c1-14-3-5-15(6-4-14)17(19-2)16-7-10-20-18(13-16)8-11-21-12-9-18/h3-6,16-17,19H,7-13H2,1-2H3. The number of thioether (sulfide) groups is 1. The van der Waals surface area contributed by atoms with E-state index in [4.69, 9.17) is 4.74 Å². The number of benzene rings is 1. The van der Waals surface area contributed by atoms with Crippen LogP contribution in [0.5, 0.6) is 0 Å². The summed E-state index contributed by atoms with van der Waals surface area (Å²) in [5.74, 6) is 3.22. The molecule has 1 aromatic carbocycles. The number of ether oxygens (including phenoxy) is 1. The summed E-state index contributed by atoms with van der Waals surface area (Å²) in [7, 11) is 2.10. The Morgan fingerprint density at radius 3 is 2.62 bits per heavy atom. The molecule has 2 unspecified atom stereocenters. The van der Waals surface area contributed by atoms with Crippen molar-refractivity contribution in [1.82, 2.24) is 5.32 Å². The van der Waals surface area contributed by atoms with E-state index in [0.29, 0.717) is 12.0 Å². The van der Waals surface area contributed by atoms with Crippen molar-refractivity contribution in [3.8, 4) is 0 Å². The van der Waals surface area contributed by atoms with E-state index in [9.17, 15) is 0 Å². The molecule has 2 aliphatic heterocycles. The number of hydrogen-bond acceptors (Lipinski definition) is 3. The molecule has 2 heterocycles. The highest BCUT2D eigenvalue weighted by Crippen LogP contribution is 2.43. The van der Waals surface area contributed by atoms with Crippen LogP contribution in [0.25, 0.3) is 0 Å². The van der Waals surface area contributed by atoms with Crippen LogP contribution in [0.15, 0.2) is 24.3 Å². The van der Waals surface area contributed by atoms with Crippen molar-refractivity contribution in [3.05, 3.63) is 35.4 Å². The molecule has 0 saturated carbocycles. The van der Waals surface area contributed by atoms with Gasteiger partial charge in [0, 0.05) is 12.6 Å². The third-order valence-electron chi connectivity index (χ3n) is 5.15. The summed E-state index contributed by atoms with van der Waals surface area (Å²) in [6.07, 6.45) is 4.86. The Bertz CT molecular complexity index is 447. The summed E-state index contributed by atoms with van der Waals surface area (Å²) in [5, 5.41) is 3.57. The Labute approximate surface area is 133 Å². The highest BCUT2D eigenvalue weighted by molar-refractivity contribution is 7.99. The minimum absolute atomic E-state index is 0.175. The van der Waals surface area contributed by atoms with Gasteiger partial charge in [-0.3, -0.25) is 0 Å². The van der Waals surface area contributed by atoms with E-state index in [1.165, 1.54) is 48.3 Å². The van der Waals surface area contributed by atoms with Crippen LogP contribution in [0, 0.1) is 12.8 Å². The Morgan fingerprint density at radius 1 is 1.24 bits per heavy atom. The third-order valence-corrected chi connectivity index (χ3v) is 6.14. The monoisotopic (exact) mass is 305 g/mol. The second kappa shape index (κ2) is 6.72. The largest absolute Gasteiger partial charge is 0.375 e. The van der Waals surface area contributed by atoms with Gasteiger partial charge in [0.2, 0.25) is 0 Å². The van der Waals surface area contributed by atoms with Crippen LogP contribution < -0.4 is 5.32 Å². The first kappa shape index (κ1) is 15.4. The van der Waals surface area contributed by atoms with Crippen LogP contribution >= 0.6 is 11.8 Å². The number of hydrogen-bond donors (Lipinski definition) is 1. The predicted octanol–water partition coefficient (Wildman–Crippen LogP) is 3.95. The van der Waals surface area contributed by atoms with Gasteiger partial charge < -0.3 is 10.1 Å². The molecule has 2 atom stereocenters. The molecule has 116 valence electrons. The lowest BCUT2D eigenvalue weighted by Crippen LogP contribution is -2.45. The molecule has 1 aromatic rings. The molecule has 0 amide bonds. The van der Waals surface area contributed by atoms with Gasteiger partial charge in [-0.25, -0.2) is 0 Å². The Balaban J connectivity index is 1.75. The average Bonchev–Trinajstić information content (AvgIpc) is 2.51. The van der Waals surface area contributed by atoms with Gasteiger partial charge in [0.05, 0.1) is 5.60 Å². The molecule has 0 aliphatic carbocycles. The normalized spacial score (nSPS) is 26.7. The number of nitrogens with one attached hydrogen (secondary N) is 1. The smallest absolute Gasteiger partial charge is 0.0701 e. The molecule has 3 heteroatoms. The second-order valence-electron chi connectivity index (χ2n) is 6.57. The van der Waals surface area contributed by atoms with E-state index in [0.717, 1.165) is 6.61 Å². The van der Waals surface area contributed by atoms with Gasteiger partial charge in [-0.2, -0.15) is 11.8 Å². The van der Waals surface area contributed by atoms with E-state index in [-0.39, 0.29) is 5.60 Å². The maximum Gasteiger partial charge on any atom is 0.0701 e. The van der Waals surface area contributed by atoms with Crippen molar-refractivity contribution < 1.29 is 4.74 Å². The lowest BCUT2D eigenvalue weighted by Gasteiger charge is -2.45. The Morgan fingerprint density at radius 2 is 1.95 bits per heavy atom. The van der Waals surface area contributed by atoms with Gasteiger partial charge in [0.1, 0.15) is 0 Å². The minimum atomic E-state index is 0.175. The van der Waals surface area contributed by atoms with Gasteiger partial charge in [0.25, 0.3) is 0 Å². The van der Waals surface area contributed by atoms with Gasteiger partial charge in [-0.05, 0) is 62.6 Å². The summed E-state index contributed by atoms with van der Waals surface area (Å²) < 4.78 is 6.25. The molecule has 0 radical (unpaired) electrons. The molecule has 0 aromatic heterocycles. The maximum absolute atomic E-state index is 6.25. The first-order valence-corrected chi connectivity index (χ1v) is 9.33. The molecule has 2 nitrogen and oxygen atoms in total. The molecule has 2 aliphatic rings. The highest BCUT2D eigenvalue weighted by Gasteiger charge is 2.40. The first-order valence-electron chi connectivity index (χ1n) is 8.18. The van der Waals surface area contributed by atoms with Crippen molar-refractivity contribution in [3.63, 3.8) is 0 Å². The average molecular weight is 305 g/mol. The van der Waals surface area contributed by atoms with Crippen molar-refractivity contribution in [2.24, 2.45) is 5.92 Å². The van der Waals surface area contributed by atoms with Crippen LogP contribution in [-0.2, 0) is 4.74 Å². The molecular weight excluding hydrogens is 278 g/mol. The van der Waals surface area contributed by atoms with Gasteiger partial charge in [-0.15, -0.1) is 0 Å². The zero-order valence-corrected chi connectivity index (χ0v) is 14.0. The van der Waals surface area contributed by atoms with Crippen molar-refractivity contribution in [1.29, 1.82) is 0 Å². The Kier molecular flexibility index (Phi) is 4.92. The molecule has 0 bridgehead atoms. The van der Waals surface area contributed by atoms with Gasteiger partial charge in [-0.1, -0.05) is 29.8 Å². The van der Waals surface area contributed by atoms with Crippen LogP contribution in [0.2, 0.25) is 0 Å². The molecule has 1 spiro atoms. The lowest BCUT2D eigenvalue weighted by molar-refractivity contribution is -0.107. The number of aryl methyl sites for hydroxylation is 1. The number of rotatable bonds is 3. The van der Waals surface area contributed by atoms with Crippen molar-refractivity contribution >= 4 is 11.8 Å². The van der Waals surface area contributed by atoms with Gasteiger partial charge in [0.15, 0.2) is 0 Å². The van der Waals surface area contributed by atoms with Crippen molar-refractivity contribution in [2.45, 2.75) is 44.2 Å². The quantitative estimate of drug-likeness (QED) is 0.913. The van der Waals surface area contributed by atoms with E-state index >= 15 is 0 Å². The summed E-state index contributed by atoms with van der Waals surface area (Å²) in [4.78, 5) is 0. The van der Waals surface area contributed by atoms with E-state index in [1.54, 1.807) is 0 Å². The summed E-state index contributed by atoms with van der Waals surface area (Å²) >= 11 is 2.08. The zero-order chi connectivity index (χ0) is 14.7. The fourth-order valence-electron chi connectivity index (χ4n) is 3.89. The topological polar surface area (TPSA) is 21.3 Å². The second-order valence-corrected chi connectivity index (χ2v) is 7.80. The molecule has 3 rings (SSSR count). The van der Waals surface area contributed by atoms with Crippen LogP contribution in [0.3, 0.4) is 0 Å². The van der Waals surface area contributed by atoms with Crippen LogP contribution in [-0.4, -0.2) is 30.8 Å². The SMILES string of the molecule is CNC(c1ccc(C)cc1)C1CCOC2(CCSCC2)C1. The maximum atomic E-state index is 6.25. The molecule has 2 fully saturated rings. The highest BCUT2D eigenvalue weighted by atomic mass is 32.2. The first-order chi connectivity index (χ1) is 10.2. The molecule has 2 saturated heterocycles. The van der Waals surface area contributed by atoms with E-state index in [2.05, 4.69) is 55.3 Å². The summed E-state index contributed by atoms with van der Waals surface area (Å²) in [5.41, 5.74) is 2.94. The fourth-order valence-corrected chi connectivity index (χ4v) is 5.13. The summed E-state index contributed by atoms with van der Waals surface area (Å²) in [6.45, 7) is 3.08. The predicted molar refractivity (Wildman–Crippen MR) is 90.9 cm³/mol. The fraction of sp³-hybridized carbons (Fsp3) is 0.667. The van der Waals surface area contributed by atoms with Crippen LogP contribution in [0.4, 0.5) is 0 Å². The molecule has 21 heavy (non-hydrogen) atoms. The lowest BCUT2D eigenvalue weighted by atomic mass is 9.77. The van der Waals surface area contributed by atoms with Gasteiger partial charge >= 0.3 is 0 Å². The van der Waals surface area contributed by atoms with Crippen LogP contribution in [0.1, 0.15) is 42.9 Å². The molecular formula is C18H27NOS. The van der Waals surface area contributed by atoms with E-state index in [1.807, 2.05) is 0 Å².